The molecule has 1 aromatic heterocycles. The SMILES string of the molecule is CC1(C)CCCC1NCc1cn(CCCO)nn1. The lowest BCUT2D eigenvalue weighted by Gasteiger charge is -2.27. The van der Waals surface area contributed by atoms with E-state index in [0.29, 0.717) is 11.5 Å². The molecule has 1 atom stereocenters. The van der Waals surface area contributed by atoms with E-state index in [1.807, 2.05) is 6.20 Å². The highest BCUT2D eigenvalue weighted by Crippen LogP contribution is 2.37. The van der Waals surface area contributed by atoms with Crippen molar-refractivity contribution in [3.05, 3.63) is 11.9 Å². The van der Waals surface area contributed by atoms with Crippen molar-refractivity contribution in [2.75, 3.05) is 6.61 Å². The van der Waals surface area contributed by atoms with Crippen LogP contribution in [0.2, 0.25) is 0 Å². The second-order valence-corrected chi connectivity index (χ2v) is 5.86. The highest BCUT2D eigenvalue weighted by molar-refractivity contribution is 4.96. The van der Waals surface area contributed by atoms with Crippen molar-refractivity contribution in [3.63, 3.8) is 0 Å². The van der Waals surface area contributed by atoms with Gasteiger partial charge in [-0.15, -0.1) is 5.10 Å². The molecule has 1 heterocycles. The van der Waals surface area contributed by atoms with Crippen LogP contribution in [0.4, 0.5) is 0 Å². The fraction of sp³-hybridized carbons (Fsp3) is 0.846. The molecule has 1 aliphatic carbocycles. The maximum absolute atomic E-state index is 8.77. The molecule has 102 valence electrons. The van der Waals surface area contributed by atoms with Crippen molar-refractivity contribution in [1.82, 2.24) is 20.3 Å². The number of nitrogens with one attached hydrogen (secondary N) is 1. The summed E-state index contributed by atoms with van der Waals surface area (Å²) in [5.41, 5.74) is 1.38. The first-order chi connectivity index (χ1) is 8.62. The number of hydrogen-bond donors (Lipinski definition) is 2. The Morgan fingerprint density at radius 2 is 2.39 bits per heavy atom. The van der Waals surface area contributed by atoms with Gasteiger partial charge in [0.1, 0.15) is 0 Å². The van der Waals surface area contributed by atoms with Crippen LogP contribution in [0, 0.1) is 5.41 Å². The van der Waals surface area contributed by atoms with Crippen molar-refractivity contribution < 1.29 is 5.11 Å². The maximum atomic E-state index is 8.77. The van der Waals surface area contributed by atoms with Crippen LogP contribution in [0.15, 0.2) is 6.20 Å². The van der Waals surface area contributed by atoms with Gasteiger partial charge in [-0.25, -0.2) is 0 Å². The standard InChI is InChI=1S/C13H24N4O/c1-13(2)6-3-5-12(13)14-9-11-10-17(16-15-11)7-4-8-18/h10,12,14,18H,3-9H2,1-2H3. The molecule has 0 aromatic carbocycles. The molecule has 18 heavy (non-hydrogen) atoms. The molecule has 0 saturated heterocycles. The van der Waals surface area contributed by atoms with Gasteiger partial charge in [-0.2, -0.15) is 0 Å². The van der Waals surface area contributed by atoms with Crippen molar-refractivity contribution >= 4 is 0 Å². The van der Waals surface area contributed by atoms with Gasteiger partial charge in [0.25, 0.3) is 0 Å². The summed E-state index contributed by atoms with van der Waals surface area (Å²) in [7, 11) is 0. The molecule has 1 saturated carbocycles. The third-order valence-electron chi connectivity index (χ3n) is 3.92. The molecule has 5 heteroatoms. The predicted octanol–water partition coefficient (Wildman–Crippen LogP) is 1.33. The molecule has 0 radical (unpaired) electrons. The van der Waals surface area contributed by atoms with Gasteiger partial charge in [0.15, 0.2) is 0 Å². The van der Waals surface area contributed by atoms with E-state index < -0.39 is 0 Å². The normalized spacial score (nSPS) is 22.5. The lowest BCUT2D eigenvalue weighted by Crippen LogP contribution is -2.37. The van der Waals surface area contributed by atoms with Crippen molar-refractivity contribution in [3.8, 4) is 0 Å². The summed E-state index contributed by atoms with van der Waals surface area (Å²) < 4.78 is 1.80. The Morgan fingerprint density at radius 3 is 3.06 bits per heavy atom. The zero-order valence-corrected chi connectivity index (χ0v) is 11.4. The molecular weight excluding hydrogens is 228 g/mol. The van der Waals surface area contributed by atoms with E-state index in [-0.39, 0.29) is 6.61 Å². The summed E-state index contributed by atoms with van der Waals surface area (Å²) in [4.78, 5) is 0. The minimum absolute atomic E-state index is 0.198. The third-order valence-corrected chi connectivity index (χ3v) is 3.92. The van der Waals surface area contributed by atoms with Crippen LogP contribution in [-0.4, -0.2) is 32.7 Å². The highest BCUT2D eigenvalue weighted by atomic mass is 16.3. The molecule has 5 nitrogen and oxygen atoms in total. The summed E-state index contributed by atoms with van der Waals surface area (Å²) in [6.45, 7) is 6.38. The molecule has 0 bridgehead atoms. The zero-order chi connectivity index (χ0) is 13.0. The lowest BCUT2D eigenvalue weighted by molar-refractivity contribution is 0.276. The van der Waals surface area contributed by atoms with Crippen LogP contribution in [0.1, 0.15) is 45.2 Å². The van der Waals surface area contributed by atoms with Crippen LogP contribution in [0.25, 0.3) is 0 Å². The molecule has 2 rings (SSSR count). The first-order valence-corrected chi connectivity index (χ1v) is 6.85. The Bertz CT molecular complexity index is 375. The zero-order valence-electron chi connectivity index (χ0n) is 11.4. The molecule has 0 aliphatic heterocycles. The Morgan fingerprint density at radius 1 is 1.56 bits per heavy atom. The van der Waals surface area contributed by atoms with E-state index in [1.54, 1.807) is 4.68 Å². The minimum atomic E-state index is 0.198. The number of aryl methyl sites for hydroxylation is 1. The number of nitrogens with zero attached hydrogens (tertiary/aromatic N) is 3. The molecular formula is C13H24N4O. The van der Waals surface area contributed by atoms with Gasteiger partial charge in [-0.05, 0) is 24.7 Å². The van der Waals surface area contributed by atoms with Crippen LogP contribution in [0.3, 0.4) is 0 Å². The number of aromatic nitrogens is 3. The Balaban J connectivity index is 1.81. The van der Waals surface area contributed by atoms with Crippen LogP contribution >= 0.6 is 0 Å². The third kappa shape index (κ3) is 3.29. The summed E-state index contributed by atoms with van der Waals surface area (Å²) in [5.74, 6) is 0. The fourth-order valence-electron chi connectivity index (χ4n) is 2.69. The number of aliphatic hydroxyl groups is 1. The van der Waals surface area contributed by atoms with E-state index in [2.05, 4.69) is 29.5 Å². The molecule has 1 aromatic rings. The molecule has 1 aliphatic rings. The quantitative estimate of drug-likeness (QED) is 0.801. The Labute approximate surface area is 109 Å². The average Bonchev–Trinajstić information content (AvgIpc) is 2.90. The van der Waals surface area contributed by atoms with Crippen LogP contribution in [0.5, 0.6) is 0 Å². The monoisotopic (exact) mass is 252 g/mol. The largest absolute Gasteiger partial charge is 0.396 e. The summed E-state index contributed by atoms with van der Waals surface area (Å²) in [5, 5.41) is 20.6. The molecule has 0 spiro atoms. The molecule has 2 N–H and O–H groups in total. The van der Waals surface area contributed by atoms with Crippen LogP contribution < -0.4 is 5.32 Å². The van der Waals surface area contributed by atoms with E-state index in [0.717, 1.165) is 25.2 Å². The summed E-state index contributed by atoms with van der Waals surface area (Å²) in [6, 6.07) is 0.583. The maximum Gasteiger partial charge on any atom is 0.0964 e. The van der Waals surface area contributed by atoms with E-state index in [9.17, 15) is 0 Å². The first kappa shape index (κ1) is 13.5. The molecule has 1 fully saturated rings. The minimum Gasteiger partial charge on any atom is -0.396 e. The molecule has 1 unspecified atom stereocenters. The van der Waals surface area contributed by atoms with Gasteiger partial charge in [-0.3, -0.25) is 4.68 Å². The van der Waals surface area contributed by atoms with Gasteiger partial charge < -0.3 is 10.4 Å². The second-order valence-electron chi connectivity index (χ2n) is 5.86. The fourth-order valence-corrected chi connectivity index (χ4v) is 2.69. The number of rotatable bonds is 6. The van der Waals surface area contributed by atoms with E-state index >= 15 is 0 Å². The van der Waals surface area contributed by atoms with Crippen molar-refractivity contribution in [1.29, 1.82) is 0 Å². The number of hydrogen-bond acceptors (Lipinski definition) is 4. The Hall–Kier alpha value is -0.940. The molecule has 0 amide bonds. The Kier molecular flexibility index (Phi) is 4.35. The van der Waals surface area contributed by atoms with Gasteiger partial charge in [0.2, 0.25) is 0 Å². The van der Waals surface area contributed by atoms with Gasteiger partial charge >= 0.3 is 0 Å². The second kappa shape index (κ2) is 5.80. The van der Waals surface area contributed by atoms with Gasteiger partial charge in [0, 0.05) is 31.9 Å². The lowest BCUT2D eigenvalue weighted by atomic mass is 9.87. The smallest absolute Gasteiger partial charge is 0.0964 e. The first-order valence-electron chi connectivity index (χ1n) is 6.85. The average molecular weight is 252 g/mol. The van der Waals surface area contributed by atoms with E-state index in [4.69, 9.17) is 5.11 Å². The van der Waals surface area contributed by atoms with Gasteiger partial charge in [-0.1, -0.05) is 25.5 Å². The van der Waals surface area contributed by atoms with E-state index in [1.165, 1.54) is 19.3 Å². The summed E-state index contributed by atoms with van der Waals surface area (Å²) >= 11 is 0. The van der Waals surface area contributed by atoms with Crippen molar-refractivity contribution in [2.45, 2.75) is 58.7 Å². The number of aliphatic hydroxyl groups excluding tert-OH is 1. The van der Waals surface area contributed by atoms with Gasteiger partial charge in [0.05, 0.1) is 5.69 Å². The van der Waals surface area contributed by atoms with Crippen molar-refractivity contribution in [2.24, 2.45) is 5.41 Å². The topological polar surface area (TPSA) is 63.0 Å². The van der Waals surface area contributed by atoms with Crippen LogP contribution in [-0.2, 0) is 13.1 Å². The summed E-state index contributed by atoms with van der Waals surface area (Å²) in [6.07, 6.45) is 6.56. The predicted molar refractivity (Wildman–Crippen MR) is 70.0 cm³/mol. The highest BCUT2D eigenvalue weighted by Gasteiger charge is 2.33.